The zero-order valence-electron chi connectivity index (χ0n) is 12.6. The molecule has 5 nitrogen and oxygen atoms in total. The molecule has 1 saturated heterocycles. The molecule has 0 spiro atoms. The minimum absolute atomic E-state index is 0.114. The van der Waals surface area contributed by atoms with Gasteiger partial charge in [0.15, 0.2) is 0 Å². The van der Waals surface area contributed by atoms with E-state index in [2.05, 4.69) is 29.7 Å². The van der Waals surface area contributed by atoms with Crippen LogP contribution in [0, 0.1) is 0 Å². The largest absolute Gasteiger partial charge is 0.494 e. The summed E-state index contributed by atoms with van der Waals surface area (Å²) in [6.45, 7) is 6.09. The minimum atomic E-state index is 0.114. The number of amides is 1. The van der Waals surface area contributed by atoms with Gasteiger partial charge in [0.05, 0.1) is 6.61 Å². The van der Waals surface area contributed by atoms with E-state index in [9.17, 15) is 4.79 Å². The van der Waals surface area contributed by atoms with E-state index in [1.165, 1.54) is 5.56 Å². The predicted octanol–water partition coefficient (Wildman–Crippen LogP) is 1.39. The van der Waals surface area contributed by atoms with Crippen molar-refractivity contribution in [1.29, 1.82) is 0 Å². The summed E-state index contributed by atoms with van der Waals surface area (Å²) in [5.74, 6) is 1.99. The average molecular weight is 290 g/mol. The molecule has 2 heterocycles. The highest BCUT2D eigenvalue weighted by Crippen LogP contribution is 2.35. The van der Waals surface area contributed by atoms with E-state index < -0.39 is 0 Å². The molecule has 114 valence electrons. The van der Waals surface area contributed by atoms with E-state index in [-0.39, 0.29) is 18.1 Å². The van der Waals surface area contributed by atoms with E-state index in [0.29, 0.717) is 26.1 Å². The van der Waals surface area contributed by atoms with Crippen LogP contribution in [-0.2, 0) is 17.8 Å². The van der Waals surface area contributed by atoms with E-state index in [0.717, 1.165) is 23.5 Å². The number of carbonyl (C=O) groups excluding carboxylic acids is 1. The van der Waals surface area contributed by atoms with Crippen LogP contribution < -0.4 is 20.1 Å². The van der Waals surface area contributed by atoms with E-state index in [4.69, 9.17) is 9.47 Å². The summed E-state index contributed by atoms with van der Waals surface area (Å²) in [7, 11) is 0. The van der Waals surface area contributed by atoms with Gasteiger partial charge in [-0.25, -0.2) is 0 Å². The van der Waals surface area contributed by atoms with Crippen LogP contribution in [0.25, 0.3) is 0 Å². The van der Waals surface area contributed by atoms with Crippen LogP contribution in [0.5, 0.6) is 11.5 Å². The fourth-order valence-corrected chi connectivity index (χ4v) is 2.91. The molecule has 1 amide bonds. The summed E-state index contributed by atoms with van der Waals surface area (Å²) in [5, 5.41) is 6.25. The Kier molecular flexibility index (Phi) is 4.01. The van der Waals surface area contributed by atoms with Gasteiger partial charge in [0.1, 0.15) is 17.6 Å². The van der Waals surface area contributed by atoms with Crippen LogP contribution in [0.1, 0.15) is 31.4 Å². The predicted molar refractivity (Wildman–Crippen MR) is 79.7 cm³/mol. The molecule has 1 aromatic carbocycles. The molecule has 0 saturated carbocycles. The van der Waals surface area contributed by atoms with Gasteiger partial charge < -0.3 is 20.1 Å². The van der Waals surface area contributed by atoms with Gasteiger partial charge in [0.25, 0.3) is 0 Å². The Morgan fingerprint density at radius 3 is 3.00 bits per heavy atom. The van der Waals surface area contributed by atoms with Gasteiger partial charge in [-0.2, -0.15) is 0 Å². The van der Waals surface area contributed by atoms with Crippen molar-refractivity contribution in [2.24, 2.45) is 0 Å². The molecule has 1 fully saturated rings. The van der Waals surface area contributed by atoms with Crippen LogP contribution in [0.2, 0.25) is 0 Å². The lowest BCUT2D eigenvalue weighted by atomic mass is 10.1. The van der Waals surface area contributed by atoms with Gasteiger partial charge >= 0.3 is 0 Å². The SMILES string of the molecule is CCOc1cc2c(cc1CNC1CNC(=O)C1)OC(C)C2. The first-order valence-corrected chi connectivity index (χ1v) is 7.61. The molecule has 0 aromatic heterocycles. The maximum atomic E-state index is 11.2. The average Bonchev–Trinajstić information content (AvgIpc) is 3.01. The van der Waals surface area contributed by atoms with Gasteiger partial charge in [-0.15, -0.1) is 0 Å². The summed E-state index contributed by atoms with van der Waals surface area (Å²) >= 11 is 0. The summed E-state index contributed by atoms with van der Waals surface area (Å²) in [6.07, 6.45) is 1.71. The number of hydrogen-bond donors (Lipinski definition) is 2. The molecular formula is C16H22N2O3. The number of fused-ring (bicyclic) bond motifs is 1. The molecule has 2 atom stereocenters. The molecule has 2 aliphatic rings. The Hall–Kier alpha value is -1.75. The third kappa shape index (κ3) is 3.13. The van der Waals surface area contributed by atoms with Crippen molar-refractivity contribution in [3.05, 3.63) is 23.3 Å². The topological polar surface area (TPSA) is 59.6 Å². The molecule has 5 heteroatoms. The number of benzene rings is 1. The zero-order valence-corrected chi connectivity index (χ0v) is 12.6. The van der Waals surface area contributed by atoms with Crippen LogP contribution in [-0.4, -0.2) is 31.2 Å². The molecule has 0 radical (unpaired) electrons. The summed E-state index contributed by atoms with van der Waals surface area (Å²) in [5.41, 5.74) is 2.30. The molecule has 2 unspecified atom stereocenters. The van der Waals surface area contributed by atoms with Crippen molar-refractivity contribution < 1.29 is 14.3 Å². The first-order chi connectivity index (χ1) is 10.2. The smallest absolute Gasteiger partial charge is 0.221 e. The Morgan fingerprint density at radius 2 is 2.29 bits per heavy atom. The van der Waals surface area contributed by atoms with Gasteiger partial charge in [-0.3, -0.25) is 4.79 Å². The van der Waals surface area contributed by atoms with E-state index >= 15 is 0 Å². The lowest BCUT2D eigenvalue weighted by Gasteiger charge is -2.15. The zero-order chi connectivity index (χ0) is 14.8. The fraction of sp³-hybridized carbons (Fsp3) is 0.562. The van der Waals surface area contributed by atoms with Crippen LogP contribution in [0.4, 0.5) is 0 Å². The fourth-order valence-electron chi connectivity index (χ4n) is 2.91. The van der Waals surface area contributed by atoms with Gasteiger partial charge in [0.2, 0.25) is 5.91 Å². The Balaban J connectivity index is 1.73. The third-order valence-electron chi connectivity index (χ3n) is 3.94. The van der Waals surface area contributed by atoms with Crippen molar-refractivity contribution in [1.82, 2.24) is 10.6 Å². The quantitative estimate of drug-likeness (QED) is 0.860. The van der Waals surface area contributed by atoms with Crippen molar-refractivity contribution in [2.45, 2.75) is 45.4 Å². The third-order valence-corrected chi connectivity index (χ3v) is 3.94. The molecule has 21 heavy (non-hydrogen) atoms. The number of carbonyl (C=O) groups is 1. The van der Waals surface area contributed by atoms with Gasteiger partial charge in [-0.1, -0.05) is 0 Å². The van der Waals surface area contributed by atoms with Crippen molar-refractivity contribution in [3.63, 3.8) is 0 Å². The Labute approximate surface area is 125 Å². The lowest BCUT2D eigenvalue weighted by Crippen LogP contribution is -2.30. The first kappa shape index (κ1) is 14.2. The molecular weight excluding hydrogens is 268 g/mol. The number of rotatable bonds is 5. The van der Waals surface area contributed by atoms with Crippen LogP contribution >= 0.6 is 0 Å². The highest BCUT2D eigenvalue weighted by molar-refractivity contribution is 5.78. The van der Waals surface area contributed by atoms with Crippen molar-refractivity contribution in [2.75, 3.05) is 13.2 Å². The Morgan fingerprint density at radius 1 is 1.43 bits per heavy atom. The normalized spacial score (nSPS) is 23.6. The number of hydrogen-bond acceptors (Lipinski definition) is 4. The highest BCUT2D eigenvalue weighted by atomic mass is 16.5. The molecule has 0 bridgehead atoms. The van der Waals surface area contributed by atoms with Gasteiger partial charge in [0, 0.05) is 43.1 Å². The van der Waals surface area contributed by atoms with Crippen molar-refractivity contribution in [3.8, 4) is 11.5 Å². The summed E-state index contributed by atoms with van der Waals surface area (Å²) in [6, 6.07) is 4.36. The Bertz CT molecular complexity index is 545. The van der Waals surface area contributed by atoms with Crippen LogP contribution in [0.15, 0.2) is 12.1 Å². The van der Waals surface area contributed by atoms with Crippen LogP contribution in [0.3, 0.4) is 0 Å². The maximum Gasteiger partial charge on any atom is 0.221 e. The van der Waals surface area contributed by atoms with Gasteiger partial charge in [-0.05, 0) is 26.0 Å². The highest BCUT2D eigenvalue weighted by Gasteiger charge is 2.24. The monoisotopic (exact) mass is 290 g/mol. The molecule has 3 rings (SSSR count). The molecule has 0 aliphatic carbocycles. The second-order valence-corrected chi connectivity index (χ2v) is 5.72. The standard InChI is InChI=1S/C16H22N2O3/c1-3-20-14-5-11-4-10(2)21-15(11)6-12(14)8-17-13-7-16(19)18-9-13/h5-6,10,13,17H,3-4,7-9H2,1-2H3,(H,18,19). The number of ether oxygens (including phenoxy) is 2. The van der Waals surface area contributed by atoms with Crippen molar-refractivity contribution >= 4 is 5.91 Å². The second-order valence-electron chi connectivity index (χ2n) is 5.72. The summed E-state index contributed by atoms with van der Waals surface area (Å²) in [4.78, 5) is 11.2. The molecule has 2 aliphatic heterocycles. The lowest BCUT2D eigenvalue weighted by molar-refractivity contribution is -0.119. The maximum absolute atomic E-state index is 11.2. The minimum Gasteiger partial charge on any atom is -0.494 e. The molecule has 1 aromatic rings. The summed E-state index contributed by atoms with van der Waals surface area (Å²) < 4.78 is 11.6. The second kappa shape index (κ2) is 5.93. The van der Waals surface area contributed by atoms with E-state index in [1.807, 2.05) is 6.92 Å². The number of nitrogens with one attached hydrogen (secondary N) is 2. The van der Waals surface area contributed by atoms with E-state index in [1.54, 1.807) is 0 Å². The first-order valence-electron chi connectivity index (χ1n) is 7.61. The molecule has 2 N–H and O–H groups in total.